The first-order valence-corrected chi connectivity index (χ1v) is 5.51. The number of alkyl halides is 1. The molecule has 0 aliphatic heterocycles. The zero-order valence-electron chi connectivity index (χ0n) is 7.86. The van der Waals surface area contributed by atoms with Gasteiger partial charge in [0.1, 0.15) is 0 Å². The summed E-state index contributed by atoms with van der Waals surface area (Å²) in [7, 11) is 0. The third-order valence-electron chi connectivity index (χ3n) is 4.45. The number of ketones is 1. The molecular formula is C10H15BrO. The molecule has 2 aliphatic carbocycles. The maximum Gasteiger partial charge on any atom is 0.153 e. The summed E-state index contributed by atoms with van der Waals surface area (Å²) in [6.45, 7) is 6.62. The minimum atomic E-state index is -0.0498. The van der Waals surface area contributed by atoms with Gasteiger partial charge in [0.05, 0.1) is 4.83 Å². The summed E-state index contributed by atoms with van der Waals surface area (Å²) in [5.41, 5.74) is 0.157. The Morgan fingerprint density at radius 3 is 2.25 bits per heavy atom. The molecule has 0 saturated heterocycles. The smallest absolute Gasteiger partial charge is 0.153 e. The van der Waals surface area contributed by atoms with Gasteiger partial charge in [0.15, 0.2) is 5.78 Å². The van der Waals surface area contributed by atoms with Crippen molar-refractivity contribution >= 4 is 21.7 Å². The number of carbonyl (C=O) groups excluding carboxylic acids is 1. The molecule has 0 amide bonds. The Labute approximate surface area is 82.0 Å². The molecule has 0 radical (unpaired) electrons. The van der Waals surface area contributed by atoms with Crippen molar-refractivity contribution in [1.82, 2.24) is 0 Å². The fourth-order valence-corrected chi connectivity index (χ4v) is 4.41. The molecule has 0 spiro atoms. The van der Waals surface area contributed by atoms with Crippen LogP contribution < -0.4 is 0 Å². The average Bonchev–Trinajstić information content (AvgIpc) is 2.26. The van der Waals surface area contributed by atoms with E-state index < -0.39 is 0 Å². The van der Waals surface area contributed by atoms with E-state index >= 15 is 0 Å². The summed E-state index contributed by atoms with van der Waals surface area (Å²) in [5, 5.41) is 0. The molecule has 68 valence electrons. The van der Waals surface area contributed by atoms with Crippen molar-refractivity contribution < 1.29 is 4.79 Å². The molecule has 2 heteroatoms. The van der Waals surface area contributed by atoms with Crippen molar-refractivity contribution in [1.29, 1.82) is 0 Å². The third-order valence-corrected chi connectivity index (χ3v) is 5.51. The van der Waals surface area contributed by atoms with Gasteiger partial charge in [-0.05, 0) is 24.2 Å². The molecule has 0 aromatic carbocycles. The molecule has 2 fully saturated rings. The van der Waals surface area contributed by atoms with Crippen molar-refractivity contribution in [2.24, 2.45) is 16.7 Å². The van der Waals surface area contributed by atoms with Crippen molar-refractivity contribution in [2.75, 3.05) is 0 Å². The summed E-state index contributed by atoms with van der Waals surface area (Å²) in [5.74, 6) is 0.999. The van der Waals surface area contributed by atoms with Crippen LogP contribution in [0.2, 0.25) is 0 Å². The van der Waals surface area contributed by atoms with E-state index in [2.05, 4.69) is 36.7 Å². The van der Waals surface area contributed by atoms with E-state index in [1.807, 2.05) is 0 Å². The summed E-state index contributed by atoms with van der Waals surface area (Å²) in [4.78, 5) is 12.0. The molecule has 3 atom stereocenters. The number of carbonyl (C=O) groups is 1. The monoisotopic (exact) mass is 230 g/mol. The molecule has 2 unspecified atom stereocenters. The first-order chi connectivity index (χ1) is 5.41. The Hall–Kier alpha value is 0.150. The van der Waals surface area contributed by atoms with Gasteiger partial charge in [-0.3, -0.25) is 4.79 Å². The lowest BCUT2D eigenvalue weighted by Gasteiger charge is -2.32. The topological polar surface area (TPSA) is 17.1 Å². The molecule has 2 saturated carbocycles. The molecule has 2 bridgehead atoms. The second kappa shape index (κ2) is 2.14. The Morgan fingerprint density at radius 1 is 1.42 bits per heavy atom. The standard InChI is InChI=1S/C10H15BrO/c1-9(2)6-4-5-10(9,3)8(12)7(6)11/h6-7H,4-5H2,1-3H3/t6?,7-,10?/m0/s1. The predicted octanol–water partition coefficient (Wildman–Crippen LogP) is 2.78. The van der Waals surface area contributed by atoms with Gasteiger partial charge in [-0.1, -0.05) is 36.7 Å². The maximum atomic E-state index is 11.9. The molecule has 2 rings (SSSR count). The number of hydrogen-bond donors (Lipinski definition) is 0. The highest BCUT2D eigenvalue weighted by Crippen LogP contribution is 2.65. The van der Waals surface area contributed by atoms with Gasteiger partial charge in [0.2, 0.25) is 0 Å². The lowest BCUT2D eigenvalue weighted by molar-refractivity contribution is -0.127. The fourth-order valence-electron chi connectivity index (χ4n) is 2.98. The number of halogens is 1. The second-order valence-corrected chi connectivity index (χ2v) is 5.95. The van der Waals surface area contributed by atoms with Crippen LogP contribution in [0.4, 0.5) is 0 Å². The predicted molar refractivity (Wildman–Crippen MR) is 52.3 cm³/mol. The molecular weight excluding hydrogens is 216 g/mol. The largest absolute Gasteiger partial charge is 0.298 e. The van der Waals surface area contributed by atoms with E-state index in [0.717, 1.165) is 6.42 Å². The third kappa shape index (κ3) is 0.688. The van der Waals surface area contributed by atoms with Gasteiger partial charge in [-0.25, -0.2) is 0 Å². The van der Waals surface area contributed by atoms with Gasteiger partial charge >= 0.3 is 0 Å². The zero-order chi connectivity index (χ0) is 9.15. The minimum Gasteiger partial charge on any atom is -0.298 e. The van der Waals surface area contributed by atoms with Crippen LogP contribution in [0.5, 0.6) is 0 Å². The summed E-state index contributed by atoms with van der Waals surface area (Å²) in [6, 6.07) is 0. The number of hydrogen-bond acceptors (Lipinski definition) is 1. The van der Waals surface area contributed by atoms with Gasteiger partial charge in [-0.15, -0.1) is 0 Å². The van der Waals surface area contributed by atoms with Crippen LogP contribution in [-0.4, -0.2) is 10.6 Å². The SMILES string of the molecule is CC12CCC([C@H](Br)C1=O)C2(C)C. The minimum absolute atomic E-state index is 0.0498. The maximum absolute atomic E-state index is 11.9. The van der Waals surface area contributed by atoms with Crippen LogP contribution in [0.1, 0.15) is 33.6 Å². The zero-order valence-corrected chi connectivity index (χ0v) is 9.44. The van der Waals surface area contributed by atoms with E-state index in [9.17, 15) is 4.79 Å². The molecule has 1 nitrogen and oxygen atoms in total. The summed E-state index contributed by atoms with van der Waals surface area (Å²) < 4.78 is 0. The highest BCUT2D eigenvalue weighted by molar-refractivity contribution is 9.10. The van der Waals surface area contributed by atoms with E-state index in [-0.39, 0.29) is 15.7 Å². The molecule has 0 N–H and O–H groups in total. The highest BCUT2D eigenvalue weighted by atomic mass is 79.9. The van der Waals surface area contributed by atoms with Crippen LogP contribution >= 0.6 is 15.9 Å². The van der Waals surface area contributed by atoms with Crippen LogP contribution in [0.25, 0.3) is 0 Å². The Bertz CT molecular complexity index is 246. The Kier molecular flexibility index (Phi) is 1.56. The second-order valence-electron chi connectivity index (χ2n) is 4.96. The first-order valence-electron chi connectivity index (χ1n) is 4.59. The van der Waals surface area contributed by atoms with E-state index in [1.165, 1.54) is 6.42 Å². The van der Waals surface area contributed by atoms with Crippen LogP contribution in [0, 0.1) is 16.7 Å². The Morgan fingerprint density at radius 2 is 2.00 bits per heavy atom. The van der Waals surface area contributed by atoms with Crippen molar-refractivity contribution in [3.8, 4) is 0 Å². The van der Waals surface area contributed by atoms with Gasteiger partial charge in [-0.2, -0.15) is 0 Å². The molecule has 0 aromatic rings. The van der Waals surface area contributed by atoms with Crippen LogP contribution in [-0.2, 0) is 4.79 Å². The lowest BCUT2D eigenvalue weighted by atomic mass is 9.70. The van der Waals surface area contributed by atoms with Gasteiger partial charge < -0.3 is 0 Å². The lowest BCUT2D eigenvalue weighted by Crippen LogP contribution is -2.33. The van der Waals surface area contributed by atoms with Crippen molar-refractivity contribution in [2.45, 2.75) is 38.4 Å². The summed E-state index contributed by atoms with van der Waals surface area (Å²) in [6.07, 6.45) is 2.30. The number of Topliss-reactive ketones (excluding diaryl/α,β-unsaturated/α-hetero) is 1. The van der Waals surface area contributed by atoms with E-state index in [0.29, 0.717) is 11.7 Å². The van der Waals surface area contributed by atoms with Crippen molar-refractivity contribution in [3.05, 3.63) is 0 Å². The van der Waals surface area contributed by atoms with Crippen molar-refractivity contribution in [3.63, 3.8) is 0 Å². The van der Waals surface area contributed by atoms with Crippen LogP contribution in [0.3, 0.4) is 0 Å². The number of fused-ring (bicyclic) bond motifs is 2. The molecule has 0 heterocycles. The first kappa shape index (κ1) is 8.74. The average molecular weight is 231 g/mol. The molecule has 0 aromatic heterocycles. The number of rotatable bonds is 0. The summed E-state index contributed by atoms with van der Waals surface area (Å²) >= 11 is 3.52. The van der Waals surface area contributed by atoms with Gasteiger partial charge in [0, 0.05) is 5.41 Å². The quantitative estimate of drug-likeness (QED) is 0.586. The molecule has 12 heavy (non-hydrogen) atoms. The van der Waals surface area contributed by atoms with Crippen LogP contribution in [0.15, 0.2) is 0 Å². The Balaban J connectivity index is 2.50. The molecule has 2 aliphatic rings. The van der Waals surface area contributed by atoms with E-state index in [4.69, 9.17) is 0 Å². The fraction of sp³-hybridized carbons (Fsp3) is 0.900. The van der Waals surface area contributed by atoms with E-state index in [1.54, 1.807) is 0 Å². The normalized spacial score (nSPS) is 50.2. The highest BCUT2D eigenvalue weighted by Gasteiger charge is 2.65. The van der Waals surface area contributed by atoms with Gasteiger partial charge in [0.25, 0.3) is 0 Å².